The average molecular weight is 457 g/mol. The van der Waals surface area contributed by atoms with Gasteiger partial charge in [0, 0.05) is 35.3 Å². The second-order valence-corrected chi connectivity index (χ2v) is 8.65. The Morgan fingerprint density at radius 3 is 2.39 bits per heavy atom. The molecule has 2 heterocycles. The fourth-order valence-electron chi connectivity index (χ4n) is 3.45. The molecule has 1 aliphatic heterocycles. The van der Waals surface area contributed by atoms with E-state index in [1.807, 2.05) is 4.90 Å². The minimum absolute atomic E-state index is 0.00642. The van der Waals surface area contributed by atoms with E-state index in [1.165, 1.54) is 11.3 Å². The topological polar surface area (TPSA) is 84.4 Å². The van der Waals surface area contributed by atoms with Gasteiger partial charge in [-0.25, -0.2) is 0 Å². The maximum absolute atomic E-state index is 12.7. The number of ether oxygens (including phenoxy) is 1. The highest BCUT2D eigenvalue weighted by atomic mass is 35.5. The Hall–Kier alpha value is -2.97. The fraction of sp³-hybridized carbons (Fsp3) is 0.273. The number of piperidine rings is 1. The van der Waals surface area contributed by atoms with E-state index in [0.29, 0.717) is 34.4 Å². The van der Waals surface area contributed by atoms with Gasteiger partial charge in [-0.15, -0.1) is 10.2 Å². The van der Waals surface area contributed by atoms with Crippen LogP contribution in [-0.4, -0.2) is 47.1 Å². The van der Waals surface area contributed by atoms with Crippen molar-refractivity contribution < 1.29 is 14.3 Å². The molecule has 1 N–H and O–H groups in total. The lowest BCUT2D eigenvalue weighted by atomic mass is 9.97. The third-order valence-corrected chi connectivity index (χ3v) is 6.54. The number of anilines is 1. The zero-order chi connectivity index (χ0) is 21.8. The molecule has 0 saturated carbocycles. The van der Waals surface area contributed by atoms with E-state index in [0.717, 1.165) is 23.6 Å². The molecule has 0 spiro atoms. The number of halogens is 1. The molecule has 0 aliphatic carbocycles. The van der Waals surface area contributed by atoms with Crippen LogP contribution >= 0.6 is 22.9 Å². The van der Waals surface area contributed by atoms with Crippen molar-refractivity contribution in [2.45, 2.75) is 18.8 Å². The Morgan fingerprint density at radius 1 is 1.06 bits per heavy atom. The number of methoxy groups -OCH3 is 1. The molecule has 0 bridgehead atoms. The van der Waals surface area contributed by atoms with Crippen molar-refractivity contribution in [1.29, 1.82) is 0 Å². The number of aromatic nitrogens is 2. The van der Waals surface area contributed by atoms with Crippen molar-refractivity contribution in [3.8, 4) is 5.75 Å². The number of hydrogen-bond acceptors (Lipinski definition) is 6. The normalized spacial score (nSPS) is 14.3. The Balaban J connectivity index is 1.33. The van der Waals surface area contributed by atoms with Crippen LogP contribution in [0.3, 0.4) is 0 Å². The number of nitrogens with one attached hydrogen (secondary N) is 1. The molecule has 31 heavy (non-hydrogen) atoms. The van der Waals surface area contributed by atoms with Crippen LogP contribution in [0.5, 0.6) is 5.75 Å². The number of carbonyl (C=O) groups is 2. The van der Waals surface area contributed by atoms with Gasteiger partial charge in [0.05, 0.1) is 7.11 Å². The minimum atomic E-state index is -0.288. The molecule has 0 atom stereocenters. The summed E-state index contributed by atoms with van der Waals surface area (Å²) < 4.78 is 5.12. The average Bonchev–Trinajstić information content (AvgIpc) is 3.30. The number of hydrogen-bond donors (Lipinski definition) is 1. The summed E-state index contributed by atoms with van der Waals surface area (Å²) in [6, 6.07) is 14.0. The van der Waals surface area contributed by atoms with Gasteiger partial charge in [0.1, 0.15) is 10.8 Å². The summed E-state index contributed by atoms with van der Waals surface area (Å²) in [7, 11) is 1.59. The first kappa shape index (κ1) is 21.3. The van der Waals surface area contributed by atoms with Crippen molar-refractivity contribution in [1.82, 2.24) is 15.1 Å². The molecule has 2 amide bonds. The van der Waals surface area contributed by atoms with Gasteiger partial charge in [0.2, 0.25) is 5.01 Å². The van der Waals surface area contributed by atoms with Crippen LogP contribution in [0.1, 0.15) is 43.9 Å². The molecule has 2 aromatic carbocycles. The molecule has 160 valence electrons. The summed E-state index contributed by atoms with van der Waals surface area (Å²) in [6.07, 6.45) is 1.57. The lowest BCUT2D eigenvalue weighted by molar-refractivity contribution is 0.0712. The van der Waals surface area contributed by atoms with Crippen LogP contribution in [0.15, 0.2) is 48.5 Å². The van der Waals surface area contributed by atoms with Gasteiger partial charge < -0.3 is 15.0 Å². The highest BCUT2D eigenvalue weighted by molar-refractivity contribution is 7.13. The van der Waals surface area contributed by atoms with E-state index in [4.69, 9.17) is 16.3 Å². The molecule has 0 radical (unpaired) electrons. The first-order valence-electron chi connectivity index (χ1n) is 9.87. The molecule has 7 nitrogen and oxygen atoms in total. The fourth-order valence-corrected chi connectivity index (χ4v) is 4.49. The Labute approximate surface area is 189 Å². The van der Waals surface area contributed by atoms with E-state index in [-0.39, 0.29) is 17.7 Å². The van der Waals surface area contributed by atoms with Crippen molar-refractivity contribution in [3.05, 3.63) is 69.1 Å². The highest BCUT2D eigenvalue weighted by Gasteiger charge is 2.27. The van der Waals surface area contributed by atoms with E-state index < -0.39 is 0 Å². The van der Waals surface area contributed by atoms with Gasteiger partial charge in [-0.2, -0.15) is 0 Å². The maximum atomic E-state index is 12.7. The van der Waals surface area contributed by atoms with Gasteiger partial charge in [-0.1, -0.05) is 22.9 Å². The summed E-state index contributed by atoms with van der Waals surface area (Å²) in [5.74, 6) is 0.627. The number of rotatable bonds is 5. The van der Waals surface area contributed by atoms with Crippen LogP contribution in [0, 0.1) is 0 Å². The number of amides is 2. The van der Waals surface area contributed by atoms with E-state index in [2.05, 4.69) is 15.5 Å². The van der Waals surface area contributed by atoms with E-state index in [1.54, 1.807) is 55.6 Å². The molecule has 3 aromatic rings. The van der Waals surface area contributed by atoms with Crippen LogP contribution in [-0.2, 0) is 0 Å². The summed E-state index contributed by atoms with van der Waals surface area (Å²) >= 11 is 7.21. The first-order chi connectivity index (χ1) is 15.0. The third-order valence-electron chi connectivity index (χ3n) is 5.21. The maximum Gasteiger partial charge on any atom is 0.286 e. The van der Waals surface area contributed by atoms with Gasteiger partial charge in [0.25, 0.3) is 11.8 Å². The van der Waals surface area contributed by atoms with Gasteiger partial charge in [-0.3, -0.25) is 9.59 Å². The lowest BCUT2D eigenvalue weighted by Gasteiger charge is -2.31. The minimum Gasteiger partial charge on any atom is -0.497 e. The van der Waals surface area contributed by atoms with E-state index in [9.17, 15) is 9.59 Å². The van der Waals surface area contributed by atoms with Gasteiger partial charge in [0.15, 0.2) is 0 Å². The zero-order valence-electron chi connectivity index (χ0n) is 16.9. The zero-order valence-corrected chi connectivity index (χ0v) is 18.4. The Bertz CT molecular complexity index is 1060. The van der Waals surface area contributed by atoms with Gasteiger partial charge in [-0.05, 0) is 61.4 Å². The van der Waals surface area contributed by atoms with Crippen LogP contribution in [0.4, 0.5) is 5.69 Å². The number of nitrogens with zero attached hydrogens (tertiary/aromatic N) is 3. The summed E-state index contributed by atoms with van der Waals surface area (Å²) in [6.45, 7) is 1.28. The Morgan fingerprint density at radius 2 is 1.74 bits per heavy atom. The monoisotopic (exact) mass is 456 g/mol. The number of benzene rings is 2. The predicted molar refractivity (Wildman–Crippen MR) is 120 cm³/mol. The molecule has 1 saturated heterocycles. The van der Waals surface area contributed by atoms with Crippen LogP contribution in [0.2, 0.25) is 5.02 Å². The van der Waals surface area contributed by atoms with Crippen molar-refractivity contribution in [3.63, 3.8) is 0 Å². The quantitative estimate of drug-likeness (QED) is 0.612. The second kappa shape index (κ2) is 9.45. The van der Waals surface area contributed by atoms with Crippen LogP contribution < -0.4 is 10.1 Å². The first-order valence-corrected chi connectivity index (χ1v) is 11.1. The SMILES string of the molecule is COc1ccc(NC(=O)c2nnc(C3CCN(C(=O)c4ccc(Cl)cc4)CC3)s2)cc1. The summed E-state index contributed by atoms with van der Waals surface area (Å²) in [5.41, 5.74) is 1.30. The Kier molecular flexibility index (Phi) is 6.48. The molecule has 1 fully saturated rings. The highest BCUT2D eigenvalue weighted by Crippen LogP contribution is 2.31. The van der Waals surface area contributed by atoms with Crippen molar-refractivity contribution >= 4 is 40.4 Å². The van der Waals surface area contributed by atoms with Crippen molar-refractivity contribution in [2.75, 3.05) is 25.5 Å². The molecule has 1 aliphatic rings. The van der Waals surface area contributed by atoms with Crippen LogP contribution in [0.25, 0.3) is 0 Å². The number of likely N-dealkylation sites (tertiary alicyclic amines) is 1. The molecular weight excluding hydrogens is 436 g/mol. The van der Waals surface area contributed by atoms with Crippen molar-refractivity contribution in [2.24, 2.45) is 0 Å². The van der Waals surface area contributed by atoms with Gasteiger partial charge >= 0.3 is 0 Å². The molecule has 4 rings (SSSR count). The predicted octanol–water partition coefficient (Wildman–Crippen LogP) is 4.47. The molecule has 0 unspecified atom stereocenters. The largest absolute Gasteiger partial charge is 0.497 e. The second-order valence-electron chi connectivity index (χ2n) is 7.20. The third kappa shape index (κ3) is 5.03. The smallest absolute Gasteiger partial charge is 0.286 e. The summed E-state index contributed by atoms with van der Waals surface area (Å²) in [4.78, 5) is 27.0. The molecular formula is C22H21ClN4O3S. The standard InChI is InChI=1S/C22H21ClN4O3S/c1-30-18-8-6-17(7-9-18)24-19(28)21-26-25-20(31-21)14-10-12-27(13-11-14)22(29)15-2-4-16(23)5-3-15/h2-9,14H,10-13H2,1H3,(H,24,28). The van der Waals surface area contributed by atoms with E-state index >= 15 is 0 Å². The lowest BCUT2D eigenvalue weighted by Crippen LogP contribution is -2.37. The molecule has 1 aromatic heterocycles. The summed E-state index contributed by atoms with van der Waals surface area (Å²) in [5, 5.41) is 12.9. The molecule has 9 heteroatoms. The number of carbonyl (C=O) groups excluding carboxylic acids is 2.